The number of amides is 1. The van der Waals surface area contributed by atoms with Crippen molar-refractivity contribution in [3.05, 3.63) is 47.8 Å². The van der Waals surface area contributed by atoms with Crippen molar-refractivity contribution in [3.8, 4) is 11.1 Å². The lowest BCUT2D eigenvalue weighted by Crippen LogP contribution is -2.40. The van der Waals surface area contributed by atoms with Crippen LogP contribution in [-0.2, 0) is 0 Å². The van der Waals surface area contributed by atoms with Gasteiger partial charge in [-0.3, -0.25) is 9.78 Å². The lowest BCUT2D eigenvalue weighted by Gasteiger charge is -2.28. The number of anilines is 1. The van der Waals surface area contributed by atoms with Crippen LogP contribution in [0, 0.1) is 17.6 Å². The highest BCUT2D eigenvalue weighted by atomic mass is 19.1. The van der Waals surface area contributed by atoms with Gasteiger partial charge < -0.3 is 16.0 Å². The summed E-state index contributed by atoms with van der Waals surface area (Å²) in [4.78, 5) is 19.2. The second-order valence-electron chi connectivity index (χ2n) is 8.57. The third-order valence-electron chi connectivity index (χ3n) is 5.93. The molecule has 1 atom stereocenters. The van der Waals surface area contributed by atoms with E-state index < -0.39 is 17.2 Å². The molecule has 1 aliphatic carbocycles. The number of hydrogen-bond acceptors (Lipinski definition) is 4. The van der Waals surface area contributed by atoms with Gasteiger partial charge in [0.05, 0.1) is 11.3 Å². The van der Waals surface area contributed by atoms with E-state index in [1.54, 1.807) is 6.20 Å². The summed E-state index contributed by atoms with van der Waals surface area (Å²) in [6, 6.07) is 3.35. The van der Waals surface area contributed by atoms with Crippen LogP contribution in [-0.4, -0.2) is 36.1 Å². The molecule has 1 saturated heterocycles. The highest BCUT2D eigenvalue weighted by Crippen LogP contribution is 2.37. The molecule has 29 heavy (non-hydrogen) atoms. The number of pyridine rings is 1. The van der Waals surface area contributed by atoms with Crippen LogP contribution in [0.1, 0.15) is 43.0 Å². The van der Waals surface area contributed by atoms with Crippen molar-refractivity contribution >= 4 is 11.6 Å². The standard InChI is InChI=1S/C22H26F2N4O/c1-22(25)5-6-28(13-22)20-18(15-7-16(23)9-17(24)8-15)11-26-12-19(20)21(29)27-10-14-3-2-4-14/h7-9,11-12,14H,2-6,10,13,25H2,1H3,(H,27,29)/t22-/m0/s1. The molecule has 2 aliphatic rings. The van der Waals surface area contributed by atoms with Crippen LogP contribution < -0.4 is 16.0 Å². The van der Waals surface area contributed by atoms with E-state index in [0.29, 0.717) is 47.9 Å². The fourth-order valence-electron chi connectivity index (χ4n) is 4.09. The van der Waals surface area contributed by atoms with E-state index in [2.05, 4.69) is 10.3 Å². The van der Waals surface area contributed by atoms with Gasteiger partial charge in [0.1, 0.15) is 11.6 Å². The highest BCUT2D eigenvalue weighted by molar-refractivity contribution is 6.03. The summed E-state index contributed by atoms with van der Waals surface area (Å²) >= 11 is 0. The molecule has 1 amide bonds. The first-order valence-electron chi connectivity index (χ1n) is 10.1. The van der Waals surface area contributed by atoms with Gasteiger partial charge in [0.2, 0.25) is 0 Å². The third-order valence-corrected chi connectivity index (χ3v) is 5.93. The van der Waals surface area contributed by atoms with Crippen LogP contribution in [0.4, 0.5) is 14.5 Å². The van der Waals surface area contributed by atoms with Crippen molar-refractivity contribution in [2.24, 2.45) is 11.7 Å². The predicted molar refractivity (Wildman–Crippen MR) is 109 cm³/mol. The minimum atomic E-state index is -0.670. The number of carbonyl (C=O) groups is 1. The second-order valence-corrected chi connectivity index (χ2v) is 8.57. The summed E-state index contributed by atoms with van der Waals surface area (Å²) in [5.74, 6) is -1.04. The summed E-state index contributed by atoms with van der Waals surface area (Å²) in [5.41, 5.74) is 7.83. The minimum absolute atomic E-state index is 0.219. The molecule has 0 unspecified atom stereocenters. The van der Waals surface area contributed by atoms with Gasteiger partial charge in [-0.1, -0.05) is 6.42 Å². The van der Waals surface area contributed by atoms with Crippen molar-refractivity contribution in [2.75, 3.05) is 24.5 Å². The quantitative estimate of drug-likeness (QED) is 0.806. The summed E-state index contributed by atoms with van der Waals surface area (Å²) in [6.07, 6.45) is 7.30. The number of nitrogens with two attached hydrogens (primary N) is 1. The Kier molecular flexibility index (Phi) is 5.25. The lowest BCUT2D eigenvalue weighted by atomic mass is 9.85. The molecule has 3 N–H and O–H groups in total. The third kappa shape index (κ3) is 4.24. The molecule has 5 nitrogen and oxygen atoms in total. The molecule has 0 radical (unpaired) electrons. The number of nitrogens with zero attached hydrogens (tertiary/aromatic N) is 2. The average molecular weight is 400 g/mol. The van der Waals surface area contributed by atoms with Gasteiger partial charge in [0.25, 0.3) is 5.91 Å². The van der Waals surface area contributed by atoms with E-state index in [4.69, 9.17) is 5.73 Å². The van der Waals surface area contributed by atoms with Crippen LogP contribution in [0.2, 0.25) is 0 Å². The van der Waals surface area contributed by atoms with Gasteiger partial charge in [0, 0.05) is 49.2 Å². The van der Waals surface area contributed by atoms with Gasteiger partial charge in [-0.25, -0.2) is 8.78 Å². The molecule has 2 fully saturated rings. The SMILES string of the molecule is C[C@]1(N)CCN(c2c(C(=O)NCC3CCC3)cncc2-c2cc(F)cc(F)c2)C1. The molecular weight excluding hydrogens is 374 g/mol. The molecule has 1 aliphatic heterocycles. The summed E-state index contributed by atoms with van der Waals surface area (Å²) in [6.45, 7) is 3.80. The Morgan fingerprint density at radius 1 is 1.28 bits per heavy atom. The molecule has 1 aromatic heterocycles. The van der Waals surface area contributed by atoms with Gasteiger partial charge in [-0.05, 0) is 49.8 Å². The Morgan fingerprint density at radius 2 is 2.00 bits per heavy atom. The maximum Gasteiger partial charge on any atom is 0.254 e. The van der Waals surface area contributed by atoms with Gasteiger partial charge in [-0.15, -0.1) is 0 Å². The van der Waals surface area contributed by atoms with Crippen molar-refractivity contribution in [3.63, 3.8) is 0 Å². The van der Waals surface area contributed by atoms with E-state index in [9.17, 15) is 13.6 Å². The Morgan fingerprint density at radius 3 is 2.59 bits per heavy atom. The molecule has 2 aromatic rings. The van der Waals surface area contributed by atoms with Crippen LogP contribution >= 0.6 is 0 Å². The molecule has 7 heteroatoms. The molecule has 4 rings (SSSR count). The largest absolute Gasteiger partial charge is 0.368 e. The monoisotopic (exact) mass is 400 g/mol. The van der Waals surface area contributed by atoms with E-state index in [1.807, 2.05) is 11.8 Å². The number of benzene rings is 1. The molecule has 2 heterocycles. The molecule has 1 saturated carbocycles. The fraction of sp³-hybridized carbons (Fsp3) is 0.455. The van der Waals surface area contributed by atoms with Gasteiger partial charge >= 0.3 is 0 Å². The smallest absolute Gasteiger partial charge is 0.254 e. The zero-order valence-corrected chi connectivity index (χ0v) is 16.5. The Hall–Kier alpha value is -2.54. The first-order chi connectivity index (χ1) is 13.8. The number of rotatable bonds is 5. The van der Waals surface area contributed by atoms with Gasteiger partial charge in [0.15, 0.2) is 0 Å². The Balaban J connectivity index is 1.75. The van der Waals surface area contributed by atoms with Crippen molar-refractivity contribution in [2.45, 2.75) is 38.1 Å². The van der Waals surface area contributed by atoms with Crippen molar-refractivity contribution < 1.29 is 13.6 Å². The van der Waals surface area contributed by atoms with E-state index >= 15 is 0 Å². The first-order valence-corrected chi connectivity index (χ1v) is 10.1. The number of hydrogen-bond donors (Lipinski definition) is 2. The Labute approximate surface area is 169 Å². The van der Waals surface area contributed by atoms with Crippen LogP contribution in [0.3, 0.4) is 0 Å². The van der Waals surface area contributed by atoms with E-state index in [1.165, 1.54) is 24.8 Å². The van der Waals surface area contributed by atoms with E-state index in [-0.39, 0.29) is 5.91 Å². The molecule has 1 aromatic carbocycles. The second kappa shape index (κ2) is 7.71. The maximum atomic E-state index is 13.9. The number of aromatic nitrogens is 1. The molecule has 0 spiro atoms. The van der Waals surface area contributed by atoms with Crippen molar-refractivity contribution in [1.82, 2.24) is 10.3 Å². The average Bonchev–Trinajstić information content (AvgIpc) is 2.98. The Bertz CT molecular complexity index is 907. The van der Waals surface area contributed by atoms with Crippen LogP contribution in [0.25, 0.3) is 11.1 Å². The normalized spacial score (nSPS) is 21.9. The summed E-state index contributed by atoms with van der Waals surface area (Å²) in [7, 11) is 0. The van der Waals surface area contributed by atoms with Crippen LogP contribution in [0.15, 0.2) is 30.6 Å². The fourth-order valence-corrected chi connectivity index (χ4v) is 4.09. The molecule has 154 valence electrons. The molecule has 0 bridgehead atoms. The first kappa shape index (κ1) is 19.8. The summed E-state index contributed by atoms with van der Waals surface area (Å²) < 4.78 is 27.8. The minimum Gasteiger partial charge on any atom is -0.368 e. The van der Waals surface area contributed by atoms with Crippen molar-refractivity contribution in [1.29, 1.82) is 0 Å². The van der Waals surface area contributed by atoms with Crippen LogP contribution in [0.5, 0.6) is 0 Å². The maximum absolute atomic E-state index is 13.9. The lowest BCUT2D eigenvalue weighted by molar-refractivity contribution is 0.0939. The number of nitrogens with one attached hydrogen (secondary N) is 1. The van der Waals surface area contributed by atoms with Gasteiger partial charge in [-0.2, -0.15) is 0 Å². The highest BCUT2D eigenvalue weighted by Gasteiger charge is 2.33. The molecular formula is C22H26F2N4O. The summed E-state index contributed by atoms with van der Waals surface area (Å²) in [5, 5.41) is 3.00. The predicted octanol–water partition coefficient (Wildman–Crippen LogP) is 3.48. The topological polar surface area (TPSA) is 71.2 Å². The number of carbonyl (C=O) groups excluding carboxylic acids is 1. The van der Waals surface area contributed by atoms with E-state index in [0.717, 1.165) is 25.3 Å². The zero-order valence-electron chi connectivity index (χ0n) is 16.5. The zero-order chi connectivity index (χ0) is 20.6. The number of halogens is 2.